The number of aliphatic hydroxyl groups excluding tert-OH is 1. The van der Waals surface area contributed by atoms with E-state index < -0.39 is 12.3 Å². The van der Waals surface area contributed by atoms with Crippen molar-refractivity contribution in [1.29, 1.82) is 0 Å². The lowest BCUT2D eigenvalue weighted by molar-refractivity contribution is -0.245. The number of hydrogen-bond acceptors (Lipinski definition) is 7. The normalized spacial score (nSPS) is 18.0. The second kappa shape index (κ2) is 17.0. The van der Waals surface area contributed by atoms with Crippen LogP contribution < -0.4 is 10.6 Å². The summed E-state index contributed by atoms with van der Waals surface area (Å²) in [6, 6.07) is 22.9. The van der Waals surface area contributed by atoms with Gasteiger partial charge in [0, 0.05) is 53.8 Å². The van der Waals surface area contributed by atoms with Gasteiger partial charge in [-0.1, -0.05) is 49.2 Å². The van der Waals surface area contributed by atoms with E-state index in [0.29, 0.717) is 37.1 Å². The van der Waals surface area contributed by atoms with Gasteiger partial charge < -0.3 is 30.3 Å². The first-order valence-corrected chi connectivity index (χ1v) is 15.9. The Labute approximate surface area is 262 Å². The summed E-state index contributed by atoms with van der Waals surface area (Å²) in [6.07, 6.45) is 3.26. The van der Waals surface area contributed by atoms with Crippen molar-refractivity contribution in [2.75, 3.05) is 16.4 Å². The molecule has 1 heterocycles. The van der Waals surface area contributed by atoms with Gasteiger partial charge in [-0.3, -0.25) is 14.4 Å². The molecule has 1 aliphatic rings. The Morgan fingerprint density at radius 1 is 0.795 bits per heavy atom. The average Bonchev–Trinajstić information content (AvgIpc) is 3.02. The molecule has 4 N–H and O–H groups in total. The van der Waals surface area contributed by atoms with Crippen molar-refractivity contribution in [2.24, 2.45) is 0 Å². The molecule has 3 aromatic rings. The van der Waals surface area contributed by atoms with Gasteiger partial charge in [-0.15, -0.1) is 11.8 Å². The molecule has 2 amide bonds. The second-order valence-electron chi connectivity index (χ2n) is 10.8. The molecule has 0 aliphatic carbocycles. The molecule has 0 saturated carbocycles. The fourth-order valence-electron chi connectivity index (χ4n) is 4.91. The first-order chi connectivity index (χ1) is 21.3. The highest BCUT2D eigenvalue weighted by molar-refractivity contribution is 7.99. The highest BCUT2D eigenvalue weighted by Gasteiger charge is 2.32. The first-order valence-electron chi connectivity index (χ1n) is 14.9. The van der Waals surface area contributed by atoms with Crippen molar-refractivity contribution >= 4 is 40.9 Å². The fraction of sp³-hybridized carbons (Fsp3) is 0.382. The van der Waals surface area contributed by atoms with Gasteiger partial charge in [0.15, 0.2) is 6.29 Å². The zero-order valence-electron chi connectivity index (χ0n) is 24.9. The van der Waals surface area contributed by atoms with E-state index >= 15 is 0 Å². The summed E-state index contributed by atoms with van der Waals surface area (Å²) >= 11 is 1.68. The molecule has 1 aliphatic heterocycles. The number of benzene rings is 3. The zero-order chi connectivity index (χ0) is 31.3. The number of aliphatic carboxylic acids is 1. The molecule has 10 heteroatoms. The van der Waals surface area contributed by atoms with E-state index in [1.807, 2.05) is 72.8 Å². The van der Waals surface area contributed by atoms with Gasteiger partial charge in [-0.25, -0.2) is 0 Å². The maximum absolute atomic E-state index is 12.4. The van der Waals surface area contributed by atoms with Crippen LogP contribution in [0.2, 0.25) is 0 Å². The van der Waals surface area contributed by atoms with Gasteiger partial charge >= 0.3 is 5.97 Å². The van der Waals surface area contributed by atoms with Gasteiger partial charge in [0.25, 0.3) is 0 Å². The Hall–Kier alpha value is -3.70. The average molecular weight is 621 g/mol. The van der Waals surface area contributed by atoms with Crippen LogP contribution in [0.4, 0.5) is 11.4 Å². The minimum atomic E-state index is -0.789. The summed E-state index contributed by atoms with van der Waals surface area (Å²) in [5.74, 6) is -0.269. The third-order valence-electron chi connectivity index (χ3n) is 7.24. The summed E-state index contributed by atoms with van der Waals surface area (Å²) in [5.41, 5.74) is 4.13. The number of ether oxygens (including phenoxy) is 2. The van der Waals surface area contributed by atoms with Crippen LogP contribution in [0.3, 0.4) is 0 Å². The number of hydrogen-bond donors (Lipinski definition) is 4. The monoisotopic (exact) mass is 620 g/mol. The zero-order valence-corrected chi connectivity index (χ0v) is 25.7. The summed E-state index contributed by atoms with van der Waals surface area (Å²) in [6.45, 7) is 1.46. The number of carboxylic acids is 1. The van der Waals surface area contributed by atoms with Crippen LogP contribution in [0.15, 0.2) is 77.7 Å². The Morgan fingerprint density at radius 3 is 2.05 bits per heavy atom. The van der Waals surface area contributed by atoms with E-state index in [1.165, 1.54) is 6.92 Å². The second-order valence-corrected chi connectivity index (χ2v) is 11.9. The molecule has 3 atom stereocenters. The number of aliphatic hydroxyl groups is 1. The van der Waals surface area contributed by atoms with E-state index in [9.17, 15) is 19.5 Å². The summed E-state index contributed by atoms with van der Waals surface area (Å²) in [5, 5.41) is 23.9. The maximum Gasteiger partial charge on any atom is 0.303 e. The lowest BCUT2D eigenvalue weighted by atomic mass is 10.0. The molecule has 3 aromatic carbocycles. The Kier molecular flexibility index (Phi) is 12.8. The molecule has 234 valence electrons. The van der Waals surface area contributed by atoms with Crippen LogP contribution in [-0.2, 0) is 30.5 Å². The van der Waals surface area contributed by atoms with E-state index in [4.69, 9.17) is 14.6 Å². The number of carboxylic acid groups (broad SMARTS) is 1. The molecule has 0 bridgehead atoms. The van der Waals surface area contributed by atoms with Crippen LogP contribution in [0.25, 0.3) is 0 Å². The minimum absolute atomic E-state index is 0.0206. The van der Waals surface area contributed by atoms with E-state index in [-0.39, 0.29) is 37.0 Å². The molecule has 1 fully saturated rings. The van der Waals surface area contributed by atoms with E-state index in [1.54, 1.807) is 11.8 Å². The molecular weight excluding hydrogens is 580 g/mol. The molecule has 9 nitrogen and oxygen atoms in total. The maximum atomic E-state index is 12.4. The van der Waals surface area contributed by atoms with E-state index in [0.717, 1.165) is 40.1 Å². The number of thioether (sulfide) groups is 1. The SMILES string of the molecule is CC(=O)Nc1ccc(SC[C@@H]2C[C@H](c3ccc(CO)cc3)O[C@H](c3ccc(NC(=O)CCCCCCC(=O)O)cc3)O2)cc1. The van der Waals surface area contributed by atoms with Crippen LogP contribution in [-0.4, -0.2) is 39.9 Å². The van der Waals surface area contributed by atoms with Crippen molar-refractivity contribution in [3.63, 3.8) is 0 Å². The van der Waals surface area contributed by atoms with Crippen LogP contribution >= 0.6 is 11.8 Å². The summed E-state index contributed by atoms with van der Waals surface area (Å²) < 4.78 is 12.9. The molecular formula is C34H40N2O7S. The van der Waals surface area contributed by atoms with Crippen molar-refractivity contribution < 1.29 is 34.1 Å². The summed E-state index contributed by atoms with van der Waals surface area (Å²) in [4.78, 5) is 35.4. The van der Waals surface area contributed by atoms with Crippen molar-refractivity contribution in [2.45, 2.75) is 81.9 Å². The van der Waals surface area contributed by atoms with Gasteiger partial charge in [-0.05, 0) is 60.4 Å². The number of nitrogens with one attached hydrogen (secondary N) is 2. The van der Waals surface area contributed by atoms with Crippen LogP contribution in [0, 0.1) is 0 Å². The topological polar surface area (TPSA) is 134 Å². The van der Waals surface area contributed by atoms with Crippen LogP contribution in [0.1, 0.15) is 81.0 Å². The highest BCUT2D eigenvalue weighted by Crippen LogP contribution is 2.39. The lowest BCUT2D eigenvalue weighted by Crippen LogP contribution is -2.31. The Balaban J connectivity index is 1.36. The van der Waals surface area contributed by atoms with E-state index in [2.05, 4.69) is 10.6 Å². The molecule has 0 unspecified atom stereocenters. The quantitative estimate of drug-likeness (QED) is 0.107. The standard InChI is InChI=1S/C34H40N2O7S/c1-23(38)35-27-16-18-30(19-17-27)44-22-29-20-31(25-10-8-24(21-37)9-11-25)43-34(42-29)26-12-14-28(15-13-26)36-32(39)6-4-2-3-5-7-33(40)41/h8-19,29,31,34,37H,2-7,20-22H2,1H3,(H,35,38)(H,36,39)(H,40,41)/t29-,31+,34+/m0/s1. The number of anilines is 2. The van der Waals surface area contributed by atoms with Crippen molar-refractivity contribution in [3.05, 3.63) is 89.5 Å². The van der Waals surface area contributed by atoms with Gasteiger partial charge in [-0.2, -0.15) is 0 Å². The molecule has 4 rings (SSSR count). The van der Waals surface area contributed by atoms with Gasteiger partial charge in [0.05, 0.1) is 18.8 Å². The summed E-state index contributed by atoms with van der Waals surface area (Å²) in [7, 11) is 0. The van der Waals surface area contributed by atoms with Crippen molar-refractivity contribution in [3.8, 4) is 0 Å². The van der Waals surface area contributed by atoms with Gasteiger partial charge in [0.2, 0.25) is 11.8 Å². The third kappa shape index (κ3) is 10.8. The number of carbonyl (C=O) groups excluding carboxylic acids is 2. The molecule has 0 aromatic heterocycles. The largest absolute Gasteiger partial charge is 0.481 e. The minimum Gasteiger partial charge on any atom is -0.481 e. The molecule has 0 radical (unpaired) electrons. The lowest BCUT2D eigenvalue weighted by Gasteiger charge is -2.36. The molecule has 44 heavy (non-hydrogen) atoms. The number of carbonyl (C=O) groups is 3. The third-order valence-corrected chi connectivity index (χ3v) is 8.38. The van der Waals surface area contributed by atoms with Crippen LogP contribution in [0.5, 0.6) is 0 Å². The fourth-order valence-corrected chi connectivity index (χ4v) is 5.83. The predicted octanol–water partition coefficient (Wildman–Crippen LogP) is 6.84. The number of amides is 2. The molecule has 0 spiro atoms. The predicted molar refractivity (Wildman–Crippen MR) is 170 cm³/mol. The van der Waals surface area contributed by atoms with Crippen molar-refractivity contribution in [1.82, 2.24) is 0 Å². The smallest absolute Gasteiger partial charge is 0.303 e. The molecule has 1 saturated heterocycles. The first kappa shape index (κ1) is 33.2. The highest BCUT2D eigenvalue weighted by atomic mass is 32.2. The Morgan fingerprint density at radius 2 is 1.41 bits per heavy atom. The Bertz CT molecular complexity index is 1360. The number of unbranched alkanes of at least 4 members (excludes halogenated alkanes) is 3. The number of rotatable bonds is 15. The van der Waals surface area contributed by atoms with Gasteiger partial charge in [0.1, 0.15) is 0 Å².